The summed E-state index contributed by atoms with van der Waals surface area (Å²) in [5, 5.41) is 24.3. The summed E-state index contributed by atoms with van der Waals surface area (Å²) < 4.78 is 35.9. The van der Waals surface area contributed by atoms with Gasteiger partial charge in [0.1, 0.15) is 4.90 Å². The van der Waals surface area contributed by atoms with E-state index in [2.05, 4.69) is 15.0 Å². The van der Waals surface area contributed by atoms with Gasteiger partial charge in [-0.25, -0.2) is 17.9 Å². The Hall–Kier alpha value is -4.01. The molecular formula is C14H11N5O9S-2. The molecule has 0 unspecified atom stereocenters. The van der Waals surface area contributed by atoms with Gasteiger partial charge in [-0.15, -0.1) is 4.98 Å². The number of carbonyl (C=O) groups excluding carboxylic acids is 3. The van der Waals surface area contributed by atoms with Crippen molar-refractivity contribution in [2.75, 3.05) is 19.5 Å². The van der Waals surface area contributed by atoms with E-state index in [-0.39, 0.29) is 12.0 Å². The number of amides is 2. The second kappa shape index (κ2) is 8.34. The van der Waals surface area contributed by atoms with Crippen molar-refractivity contribution in [1.29, 1.82) is 0 Å². The highest BCUT2D eigenvalue weighted by Gasteiger charge is 2.26. The normalized spacial score (nSPS) is 10.7. The molecule has 1 aromatic carbocycles. The first kappa shape index (κ1) is 21.3. The lowest BCUT2D eigenvalue weighted by Crippen LogP contribution is -2.38. The first-order chi connectivity index (χ1) is 13.6. The van der Waals surface area contributed by atoms with Crippen molar-refractivity contribution in [1.82, 2.24) is 19.7 Å². The van der Waals surface area contributed by atoms with Gasteiger partial charge in [-0.3, -0.25) is 5.32 Å². The fourth-order valence-corrected chi connectivity index (χ4v) is 3.30. The van der Waals surface area contributed by atoms with E-state index in [1.807, 2.05) is 5.32 Å². The number of sulfonamides is 1. The topological polar surface area (TPSA) is 213 Å². The van der Waals surface area contributed by atoms with E-state index in [0.717, 1.165) is 18.2 Å². The number of rotatable bonds is 7. The first-order valence-electron chi connectivity index (χ1n) is 7.32. The summed E-state index contributed by atoms with van der Waals surface area (Å²) >= 11 is 0. The molecule has 1 aromatic heterocycles. The molecular weight excluding hydrogens is 414 g/mol. The first-order valence-corrected chi connectivity index (χ1v) is 8.81. The Kier molecular flexibility index (Phi) is 6.12. The fourth-order valence-electron chi connectivity index (χ4n) is 2.02. The second-order valence-corrected chi connectivity index (χ2v) is 6.57. The van der Waals surface area contributed by atoms with Crippen molar-refractivity contribution in [3.05, 3.63) is 29.3 Å². The third kappa shape index (κ3) is 4.83. The van der Waals surface area contributed by atoms with Gasteiger partial charge in [-0.1, -0.05) is 18.2 Å². The number of carboxylic acid groups (broad SMARTS) is 2. The molecule has 2 N–H and O–H groups in total. The Morgan fingerprint density at radius 3 is 1.83 bits per heavy atom. The van der Waals surface area contributed by atoms with Gasteiger partial charge in [0.15, 0.2) is 0 Å². The molecule has 2 aromatic rings. The summed E-state index contributed by atoms with van der Waals surface area (Å²) in [4.78, 5) is 44.1. The Bertz CT molecular complexity index is 1030. The number of nitrogens with zero attached hydrogens (tertiary/aromatic N) is 3. The number of methoxy groups -OCH3 is 2. The van der Waals surface area contributed by atoms with E-state index in [9.17, 15) is 33.0 Å². The van der Waals surface area contributed by atoms with Crippen LogP contribution >= 0.6 is 0 Å². The summed E-state index contributed by atoms with van der Waals surface area (Å²) in [5.41, 5.74) is -1.98. The molecule has 14 nitrogen and oxygen atoms in total. The van der Waals surface area contributed by atoms with Crippen LogP contribution in [-0.4, -0.2) is 55.6 Å². The summed E-state index contributed by atoms with van der Waals surface area (Å²) in [5.74, 6) is -4.45. The van der Waals surface area contributed by atoms with Crippen molar-refractivity contribution >= 4 is 33.9 Å². The van der Waals surface area contributed by atoms with Crippen molar-refractivity contribution in [3.63, 3.8) is 0 Å². The predicted molar refractivity (Wildman–Crippen MR) is 87.4 cm³/mol. The van der Waals surface area contributed by atoms with Crippen LogP contribution in [0, 0.1) is 0 Å². The number of anilines is 1. The lowest BCUT2D eigenvalue weighted by Gasteiger charge is -2.17. The van der Waals surface area contributed by atoms with Gasteiger partial charge in [0.25, 0.3) is 10.0 Å². The molecule has 0 saturated carbocycles. The van der Waals surface area contributed by atoms with E-state index < -0.39 is 50.0 Å². The third-order valence-electron chi connectivity index (χ3n) is 3.14. The maximum absolute atomic E-state index is 12.5. The Labute approximate surface area is 162 Å². The molecule has 0 aliphatic carbocycles. The highest BCUT2D eigenvalue weighted by molar-refractivity contribution is 7.90. The van der Waals surface area contributed by atoms with Gasteiger partial charge >= 0.3 is 18.1 Å². The van der Waals surface area contributed by atoms with Crippen LogP contribution in [0.4, 0.5) is 10.7 Å². The van der Waals surface area contributed by atoms with Crippen LogP contribution in [0.2, 0.25) is 0 Å². The minimum absolute atomic E-state index is 0.267. The van der Waals surface area contributed by atoms with Gasteiger partial charge in [-0.2, -0.15) is 9.97 Å². The van der Waals surface area contributed by atoms with Crippen molar-refractivity contribution in [3.8, 4) is 12.0 Å². The zero-order valence-corrected chi connectivity index (χ0v) is 15.5. The van der Waals surface area contributed by atoms with Crippen molar-refractivity contribution in [2.24, 2.45) is 0 Å². The number of aromatic carboxylic acids is 2. The van der Waals surface area contributed by atoms with E-state index in [0.29, 0.717) is 0 Å². The van der Waals surface area contributed by atoms with Crippen LogP contribution in [0.1, 0.15) is 20.7 Å². The number of carboxylic acids is 2. The summed E-state index contributed by atoms with van der Waals surface area (Å²) in [6.07, 6.45) is 0. The predicted octanol–water partition coefficient (Wildman–Crippen LogP) is -2.87. The minimum Gasteiger partial charge on any atom is -0.545 e. The lowest BCUT2D eigenvalue weighted by molar-refractivity contribution is -0.255. The summed E-state index contributed by atoms with van der Waals surface area (Å²) in [6.45, 7) is 0. The molecule has 0 saturated heterocycles. The van der Waals surface area contributed by atoms with Crippen LogP contribution in [0.15, 0.2) is 23.1 Å². The maximum Gasteiger partial charge on any atom is 0.335 e. The van der Waals surface area contributed by atoms with Crippen LogP contribution < -0.4 is 29.7 Å². The summed E-state index contributed by atoms with van der Waals surface area (Å²) in [7, 11) is -2.58. The number of carbonyl (C=O) groups is 3. The summed E-state index contributed by atoms with van der Waals surface area (Å²) in [6, 6.07) is 0.566. The molecule has 0 aliphatic rings. The highest BCUT2D eigenvalue weighted by atomic mass is 32.2. The molecule has 154 valence electrons. The maximum atomic E-state index is 12.5. The Balaban J connectivity index is 2.39. The number of ether oxygens (including phenoxy) is 2. The number of benzene rings is 1. The van der Waals surface area contributed by atoms with Crippen LogP contribution in [0.3, 0.4) is 0 Å². The minimum atomic E-state index is -5.00. The van der Waals surface area contributed by atoms with Gasteiger partial charge < -0.3 is 29.3 Å². The molecule has 29 heavy (non-hydrogen) atoms. The van der Waals surface area contributed by atoms with Crippen molar-refractivity contribution in [2.45, 2.75) is 4.90 Å². The quantitative estimate of drug-likeness (QED) is 0.458. The molecule has 0 spiro atoms. The zero-order chi connectivity index (χ0) is 21.8. The fraction of sp³-hybridized carbons (Fsp3) is 0.143. The van der Waals surface area contributed by atoms with E-state index in [1.165, 1.54) is 18.9 Å². The molecule has 0 aliphatic heterocycles. The van der Waals surface area contributed by atoms with Gasteiger partial charge in [0, 0.05) is 11.1 Å². The third-order valence-corrected chi connectivity index (χ3v) is 4.57. The highest BCUT2D eigenvalue weighted by Crippen LogP contribution is 2.20. The largest absolute Gasteiger partial charge is 0.545 e. The number of aromatic nitrogens is 3. The molecule has 2 amide bonds. The van der Waals surface area contributed by atoms with Gasteiger partial charge in [0.05, 0.1) is 26.2 Å². The number of hydrogen-bond donors (Lipinski definition) is 2. The van der Waals surface area contributed by atoms with Crippen molar-refractivity contribution < 1.29 is 42.5 Å². The van der Waals surface area contributed by atoms with E-state index in [1.54, 1.807) is 0 Å². The number of urea groups is 1. The molecule has 2 rings (SSSR count). The van der Waals surface area contributed by atoms with E-state index >= 15 is 0 Å². The number of nitrogens with one attached hydrogen (secondary N) is 2. The molecule has 1 heterocycles. The number of hydrogen-bond acceptors (Lipinski definition) is 12. The Morgan fingerprint density at radius 2 is 1.41 bits per heavy atom. The zero-order valence-electron chi connectivity index (χ0n) is 14.7. The van der Waals surface area contributed by atoms with Crippen LogP contribution in [0.25, 0.3) is 0 Å². The van der Waals surface area contributed by atoms with Crippen LogP contribution in [0.5, 0.6) is 12.0 Å². The van der Waals surface area contributed by atoms with Crippen LogP contribution in [-0.2, 0) is 10.0 Å². The second-order valence-electron chi connectivity index (χ2n) is 4.95. The lowest BCUT2D eigenvalue weighted by atomic mass is 10.1. The van der Waals surface area contributed by atoms with Gasteiger partial charge in [0.2, 0.25) is 5.95 Å². The molecule has 0 fully saturated rings. The average Bonchev–Trinajstić information content (AvgIpc) is 2.66. The molecule has 15 heteroatoms. The SMILES string of the molecule is COc1nc(NC(=O)NS(=O)(=O)c2c(C(=O)[O-])cccc2C(=O)[O-])nc(OC)n1. The smallest absolute Gasteiger partial charge is 0.335 e. The monoisotopic (exact) mass is 425 g/mol. The standard InChI is InChI=1S/C14H13N5O9S/c1-27-13-16-11(17-14(18-13)28-2)15-12(24)19-29(25,26)8-6(9(20)21)4-3-5-7(8)10(22)23/h3-5H,1-2H3,(H,20,21)(H,22,23)(H2,15,16,17,18,19,24)/p-2. The van der Waals surface area contributed by atoms with Gasteiger partial charge in [-0.05, 0) is 0 Å². The van der Waals surface area contributed by atoms with E-state index in [4.69, 9.17) is 9.47 Å². The molecule has 0 bridgehead atoms. The average molecular weight is 425 g/mol. The molecule has 0 radical (unpaired) electrons. The Morgan fingerprint density at radius 1 is 0.931 bits per heavy atom. The molecule has 0 atom stereocenters.